The van der Waals surface area contributed by atoms with Gasteiger partial charge in [0, 0.05) is 18.7 Å². The first kappa shape index (κ1) is 43.8. The zero-order valence-corrected chi connectivity index (χ0v) is 31.1. The van der Waals surface area contributed by atoms with Crippen molar-refractivity contribution in [3.63, 3.8) is 0 Å². The van der Waals surface area contributed by atoms with Crippen LogP contribution in [0.15, 0.2) is 0 Å². The molecule has 0 heterocycles. The zero-order chi connectivity index (χ0) is 36.8. The molecule has 0 aromatic heterocycles. The predicted molar refractivity (Wildman–Crippen MR) is 180 cm³/mol. The number of esters is 3. The first-order valence-electron chi connectivity index (χ1n) is 15.8. The van der Waals surface area contributed by atoms with Gasteiger partial charge in [-0.3, -0.25) is 9.59 Å². The van der Waals surface area contributed by atoms with E-state index >= 15 is 0 Å². The Labute approximate surface area is 285 Å². The lowest BCUT2D eigenvalue weighted by Crippen LogP contribution is -2.53. The Hall–Kier alpha value is -3.23. The van der Waals surface area contributed by atoms with E-state index in [0.717, 1.165) is 0 Å². The van der Waals surface area contributed by atoms with Crippen LogP contribution in [0.4, 0.5) is 9.59 Å². The van der Waals surface area contributed by atoms with Crippen LogP contribution in [0.25, 0.3) is 0 Å². The molecule has 0 bridgehead atoms. The first-order valence-corrected chi connectivity index (χ1v) is 16.5. The monoisotopic (exact) mass is 690 g/mol. The van der Waals surface area contributed by atoms with Crippen LogP contribution in [-0.2, 0) is 38.1 Å². The Morgan fingerprint density at radius 3 is 1.45 bits per heavy atom. The summed E-state index contributed by atoms with van der Waals surface area (Å²) < 4.78 is 21.4. The topological polar surface area (TPSA) is 187 Å². The molecule has 0 spiro atoms. The van der Waals surface area contributed by atoms with Crippen molar-refractivity contribution in [2.24, 2.45) is 0 Å². The maximum Gasteiger partial charge on any atom is 0.408 e. The molecule has 272 valence electrons. The smallest absolute Gasteiger partial charge is 0.408 e. The van der Waals surface area contributed by atoms with Gasteiger partial charge in [-0.2, -0.15) is 12.6 Å². The summed E-state index contributed by atoms with van der Waals surface area (Å²) in [5.41, 5.74) is -3.14. The maximum absolute atomic E-state index is 13.1. The van der Waals surface area contributed by atoms with Crippen molar-refractivity contribution < 1.29 is 47.7 Å². The average molecular weight is 691 g/mol. The van der Waals surface area contributed by atoms with E-state index in [4.69, 9.17) is 18.9 Å². The fourth-order valence-electron chi connectivity index (χ4n) is 3.71. The minimum atomic E-state index is -1.20. The number of urea groups is 1. The third kappa shape index (κ3) is 22.9. The predicted octanol–water partition coefficient (Wildman–Crippen LogP) is 3.94. The first-order chi connectivity index (χ1) is 21.2. The van der Waals surface area contributed by atoms with E-state index in [1.807, 2.05) is 0 Å². The highest BCUT2D eigenvalue weighted by atomic mass is 32.1. The second-order valence-corrected chi connectivity index (χ2v) is 15.4. The van der Waals surface area contributed by atoms with Crippen LogP contribution < -0.4 is 21.3 Å². The van der Waals surface area contributed by atoms with Crippen molar-refractivity contribution >= 4 is 48.6 Å². The van der Waals surface area contributed by atoms with Gasteiger partial charge < -0.3 is 40.2 Å². The molecule has 14 nitrogen and oxygen atoms in total. The number of unbranched alkanes of at least 4 members (excludes halogenated alkanes) is 1. The summed E-state index contributed by atoms with van der Waals surface area (Å²) in [7, 11) is 0. The molecule has 0 fully saturated rings. The van der Waals surface area contributed by atoms with Crippen molar-refractivity contribution in [3.05, 3.63) is 0 Å². The fourth-order valence-corrected chi connectivity index (χ4v) is 3.97. The Kier molecular flexibility index (Phi) is 17.6. The fraction of sp³-hybridized carbons (Fsp3) is 0.812. The molecule has 0 saturated heterocycles. The van der Waals surface area contributed by atoms with Crippen molar-refractivity contribution in [2.45, 2.75) is 156 Å². The summed E-state index contributed by atoms with van der Waals surface area (Å²) in [6.07, 6.45) is -0.0248. The molecule has 0 rings (SSSR count). The summed E-state index contributed by atoms with van der Waals surface area (Å²) >= 11 is 4.13. The average Bonchev–Trinajstić information content (AvgIpc) is 2.84. The molecule has 15 heteroatoms. The molecule has 3 atom stereocenters. The lowest BCUT2D eigenvalue weighted by Gasteiger charge is -2.27. The van der Waals surface area contributed by atoms with Crippen LogP contribution in [0.1, 0.15) is 115 Å². The van der Waals surface area contributed by atoms with E-state index in [1.165, 1.54) is 0 Å². The molecule has 4 N–H and O–H groups in total. The molecule has 0 aromatic carbocycles. The van der Waals surface area contributed by atoms with Crippen LogP contribution in [-0.4, -0.2) is 88.8 Å². The van der Waals surface area contributed by atoms with Gasteiger partial charge in [0.15, 0.2) is 0 Å². The molecule has 0 radical (unpaired) electrons. The van der Waals surface area contributed by atoms with Gasteiger partial charge in [-0.1, -0.05) is 0 Å². The highest BCUT2D eigenvalue weighted by molar-refractivity contribution is 7.80. The third-order valence-corrected chi connectivity index (χ3v) is 5.82. The van der Waals surface area contributed by atoms with Crippen LogP contribution in [0, 0.1) is 0 Å². The van der Waals surface area contributed by atoms with Gasteiger partial charge >= 0.3 is 30.0 Å². The summed E-state index contributed by atoms with van der Waals surface area (Å²) in [5.74, 6) is -2.38. The van der Waals surface area contributed by atoms with Crippen LogP contribution >= 0.6 is 12.6 Å². The quantitative estimate of drug-likeness (QED) is 0.0729. The van der Waals surface area contributed by atoms with Crippen LogP contribution in [0.5, 0.6) is 0 Å². The molecule has 0 saturated carbocycles. The van der Waals surface area contributed by atoms with E-state index < -0.39 is 76.5 Å². The Bertz CT molecular complexity index is 1070. The molecular formula is C32H58N4O10S. The van der Waals surface area contributed by atoms with Crippen molar-refractivity contribution in [1.29, 1.82) is 0 Å². The lowest BCUT2D eigenvalue weighted by molar-refractivity contribution is -0.159. The van der Waals surface area contributed by atoms with Gasteiger partial charge in [0.25, 0.3) is 0 Å². The SMILES string of the molecule is CC(C)(C)OC(=O)CC[C@H](NC(=O)N[C@@H](CCCCNC(=O)[C@H](CS)NC(=O)OC(C)(C)C)C(=O)OC(C)(C)C)C(=O)OC(C)(C)C. The molecule has 47 heavy (non-hydrogen) atoms. The number of hydrogen-bond donors (Lipinski definition) is 5. The van der Waals surface area contributed by atoms with Gasteiger partial charge in [0.1, 0.15) is 40.5 Å². The second-order valence-electron chi connectivity index (χ2n) is 15.1. The molecular weight excluding hydrogens is 632 g/mol. The van der Waals surface area contributed by atoms with Gasteiger partial charge in [-0.05, 0) is 109 Å². The minimum Gasteiger partial charge on any atom is -0.460 e. The second kappa shape index (κ2) is 18.9. The Morgan fingerprint density at radius 2 is 1.02 bits per heavy atom. The van der Waals surface area contributed by atoms with E-state index in [2.05, 4.69) is 33.9 Å². The third-order valence-electron chi connectivity index (χ3n) is 5.46. The number of carbonyl (C=O) groups excluding carboxylic acids is 6. The number of thiol groups is 1. The van der Waals surface area contributed by atoms with Crippen LogP contribution in [0.2, 0.25) is 0 Å². The standard InChI is InChI=1S/C32H58N4O10S/c1-29(2,3)43-23(37)17-16-21(26(40)45-31(7,8)9)35-27(41)34-20(25(39)44-30(4,5)6)15-13-14-18-33-24(38)22(19-47)36-28(42)46-32(10,11)12/h20-22,47H,13-19H2,1-12H3,(H,33,38)(H,36,42)(H2,34,35,41)/t20-,21-,22-/m0/s1. The van der Waals surface area contributed by atoms with Crippen LogP contribution in [0.3, 0.4) is 0 Å². The Morgan fingerprint density at radius 1 is 0.574 bits per heavy atom. The van der Waals surface area contributed by atoms with E-state index in [0.29, 0.717) is 12.8 Å². The largest absolute Gasteiger partial charge is 0.460 e. The van der Waals surface area contributed by atoms with E-state index in [9.17, 15) is 28.8 Å². The molecule has 0 unspecified atom stereocenters. The normalized spacial score (nSPS) is 14.1. The summed E-state index contributed by atoms with van der Waals surface area (Å²) in [5, 5.41) is 10.3. The number of nitrogens with one attached hydrogen (secondary N) is 4. The van der Waals surface area contributed by atoms with Gasteiger partial charge in [0.2, 0.25) is 5.91 Å². The number of carbonyl (C=O) groups is 6. The summed E-state index contributed by atoms with van der Waals surface area (Å²) in [4.78, 5) is 75.9. The van der Waals surface area contributed by atoms with Crippen molar-refractivity contribution in [3.8, 4) is 0 Å². The molecule has 0 aliphatic heterocycles. The number of hydrogen-bond acceptors (Lipinski definition) is 11. The summed E-state index contributed by atoms with van der Waals surface area (Å²) in [6, 6.07) is -4.04. The highest BCUT2D eigenvalue weighted by Crippen LogP contribution is 2.15. The lowest BCUT2D eigenvalue weighted by atomic mass is 10.1. The molecule has 0 aromatic rings. The zero-order valence-electron chi connectivity index (χ0n) is 30.2. The summed E-state index contributed by atoms with van der Waals surface area (Å²) in [6.45, 7) is 20.6. The van der Waals surface area contributed by atoms with E-state index in [-0.39, 0.29) is 31.6 Å². The maximum atomic E-state index is 13.1. The molecule has 0 aliphatic rings. The number of ether oxygens (including phenoxy) is 4. The molecule has 0 aliphatic carbocycles. The van der Waals surface area contributed by atoms with E-state index in [1.54, 1.807) is 83.1 Å². The van der Waals surface area contributed by atoms with Crippen molar-refractivity contribution in [2.75, 3.05) is 12.3 Å². The molecule has 4 amide bonds. The number of amides is 4. The number of rotatable bonds is 15. The van der Waals surface area contributed by atoms with Gasteiger partial charge in [-0.15, -0.1) is 0 Å². The highest BCUT2D eigenvalue weighted by Gasteiger charge is 2.31. The minimum absolute atomic E-state index is 0.0485. The van der Waals surface area contributed by atoms with Crippen molar-refractivity contribution in [1.82, 2.24) is 21.3 Å². The number of alkyl carbamates (subject to hydrolysis) is 1. The van der Waals surface area contributed by atoms with Gasteiger partial charge in [0.05, 0.1) is 0 Å². The Balaban J connectivity index is 5.41. The van der Waals surface area contributed by atoms with Gasteiger partial charge in [-0.25, -0.2) is 19.2 Å².